The largest absolute Gasteiger partial charge is 0.477 e. The fourth-order valence-corrected chi connectivity index (χ4v) is 1.78. The summed E-state index contributed by atoms with van der Waals surface area (Å²) in [4.78, 5) is 10.9. The van der Waals surface area contributed by atoms with Crippen LogP contribution in [0.1, 0.15) is 24.3 Å². The minimum absolute atomic E-state index is 0.278. The Hall–Kier alpha value is -0.810. The molecule has 5 heteroatoms. The van der Waals surface area contributed by atoms with Crippen molar-refractivity contribution >= 4 is 21.9 Å². The molecule has 0 spiro atoms. The van der Waals surface area contributed by atoms with Gasteiger partial charge < -0.3 is 14.4 Å². The minimum atomic E-state index is -0.922. The highest BCUT2D eigenvalue weighted by Crippen LogP contribution is 2.14. The first-order valence-electron chi connectivity index (χ1n) is 5.17. The van der Waals surface area contributed by atoms with Gasteiger partial charge in [0.1, 0.15) is 5.69 Å². The zero-order valence-electron chi connectivity index (χ0n) is 9.44. The normalized spacial score (nSPS) is 11.0. The van der Waals surface area contributed by atoms with E-state index >= 15 is 0 Å². The zero-order chi connectivity index (χ0) is 12.1. The quantitative estimate of drug-likeness (QED) is 0.819. The predicted octanol–water partition coefficient (Wildman–Crippen LogP) is 2.62. The van der Waals surface area contributed by atoms with Crippen LogP contribution in [0.2, 0.25) is 0 Å². The molecule has 0 saturated carbocycles. The lowest BCUT2D eigenvalue weighted by Gasteiger charge is -2.08. The lowest BCUT2D eigenvalue weighted by Crippen LogP contribution is -2.13. The molecule has 0 fully saturated rings. The maximum absolute atomic E-state index is 10.9. The van der Waals surface area contributed by atoms with Gasteiger partial charge in [-0.3, -0.25) is 0 Å². The number of hydrogen-bond donors (Lipinski definition) is 1. The Kier molecular flexibility index (Phi) is 5.02. The average Bonchev–Trinajstić information content (AvgIpc) is 2.54. The number of nitrogens with zero attached hydrogens (tertiary/aromatic N) is 1. The summed E-state index contributed by atoms with van der Waals surface area (Å²) in [7, 11) is 0. The van der Waals surface area contributed by atoms with E-state index in [0.717, 1.165) is 4.47 Å². The van der Waals surface area contributed by atoms with Gasteiger partial charge in [-0.2, -0.15) is 0 Å². The molecule has 4 nitrogen and oxygen atoms in total. The van der Waals surface area contributed by atoms with Crippen LogP contribution in [0.4, 0.5) is 0 Å². The van der Waals surface area contributed by atoms with E-state index in [2.05, 4.69) is 29.8 Å². The van der Waals surface area contributed by atoms with Crippen LogP contribution in [-0.2, 0) is 11.3 Å². The van der Waals surface area contributed by atoms with Crippen LogP contribution in [0.25, 0.3) is 0 Å². The molecule has 1 N–H and O–H groups in total. The van der Waals surface area contributed by atoms with Crippen LogP contribution >= 0.6 is 15.9 Å². The van der Waals surface area contributed by atoms with E-state index < -0.39 is 5.97 Å². The molecule has 0 aliphatic carbocycles. The second-order valence-electron chi connectivity index (χ2n) is 4.01. The Balaban J connectivity index is 2.50. The van der Waals surface area contributed by atoms with E-state index in [1.165, 1.54) is 0 Å². The van der Waals surface area contributed by atoms with E-state index in [9.17, 15) is 4.79 Å². The first-order valence-corrected chi connectivity index (χ1v) is 5.96. The van der Waals surface area contributed by atoms with Crippen LogP contribution in [0.15, 0.2) is 16.7 Å². The number of hydrogen-bond acceptors (Lipinski definition) is 2. The van der Waals surface area contributed by atoms with Gasteiger partial charge in [0.25, 0.3) is 0 Å². The van der Waals surface area contributed by atoms with E-state index in [1.54, 1.807) is 16.8 Å². The van der Waals surface area contributed by atoms with Gasteiger partial charge in [-0.05, 0) is 27.9 Å². The van der Waals surface area contributed by atoms with E-state index in [-0.39, 0.29) is 5.69 Å². The Morgan fingerprint density at radius 1 is 1.62 bits per heavy atom. The SMILES string of the molecule is CC(C)COCCn1cc(Br)cc1C(=O)O. The third-order valence-electron chi connectivity index (χ3n) is 2.01. The van der Waals surface area contributed by atoms with Crippen molar-refractivity contribution in [1.29, 1.82) is 0 Å². The van der Waals surface area contributed by atoms with Crippen LogP contribution in [0, 0.1) is 5.92 Å². The molecule has 0 bridgehead atoms. The minimum Gasteiger partial charge on any atom is -0.477 e. The standard InChI is InChI=1S/C11H16BrNO3/c1-8(2)7-16-4-3-13-6-9(12)5-10(13)11(14)15/h5-6,8H,3-4,7H2,1-2H3,(H,14,15). The average molecular weight is 290 g/mol. The molecule has 0 radical (unpaired) electrons. The van der Waals surface area contributed by atoms with Gasteiger partial charge in [0.2, 0.25) is 0 Å². The summed E-state index contributed by atoms with van der Waals surface area (Å²) in [6, 6.07) is 1.59. The Morgan fingerprint density at radius 2 is 2.31 bits per heavy atom. The number of carbonyl (C=O) groups is 1. The van der Waals surface area contributed by atoms with Crippen molar-refractivity contribution in [3.63, 3.8) is 0 Å². The maximum atomic E-state index is 10.9. The van der Waals surface area contributed by atoms with Crippen molar-refractivity contribution in [2.75, 3.05) is 13.2 Å². The molecule has 0 unspecified atom stereocenters. The molecule has 16 heavy (non-hydrogen) atoms. The Bertz CT molecular complexity index is 360. The van der Waals surface area contributed by atoms with Gasteiger partial charge in [0.05, 0.1) is 6.61 Å². The van der Waals surface area contributed by atoms with Gasteiger partial charge >= 0.3 is 5.97 Å². The Morgan fingerprint density at radius 3 is 2.88 bits per heavy atom. The molecular weight excluding hydrogens is 274 g/mol. The van der Waals surface area contributed by atoms with E-state index in [1.807, 2.05) is 0 Å². The summed E-state index contributed by atoms with van der Waals surface area (Å²) in [6.07, 6.45) is 1.75. The number of carboxylic acids is 1. The predicted molar refractivity (Wildman–Crippen MR) is 64.7 cm³/mol. The van der Waals surface area contributed by atoms with Crippen molar-refractivity contribution in [2.45, 2.75) is 20.4 Å². The summed E-state index contributed by atoms with van der Waals surface area (Å²) in [5, 5.41) is 8.94. The van der Waals surface area contributed by atoms with Crippen LogP contribution in [0.5, 0.6) is 0 Å². The fraction of sp³-hybridized carbons (Fsp3) is 0.545. The van der Waals surface area contributed by atoms with Crippen LogP contribution in [0.3, 0.4) is 0 Å². The topological polar surface area (TPSA) is 51.5 Å². The molecule has 0 aliphatic heterocycles. The first-order chi connectivity index (χ1) is 7.50. The van der Waals surface area contributed by atoms with Crippen LogP contribution in [-0.4, -0.2) is 28.9 Å². The Labute approximate surface area is 103 Å². The van der Waals surface area contributed by atoms with E-state index in [4.69, 9.17) is 9.84 Å². The molecule has 0 saturated heterocycles. The third-order valence-corrected chi connectivity index (χ3v) is 2.44. The number of carboxylic acid groups (broad SMARTS) is 1. The lowest BCUT2D eigenvalue weighted by atomic mass is 10.2. The molecule has 0 amide bonds. The molecule has 1 rings (SSSR count). The number of halogens is 1. The summed E-state index contributed by atoms with van der Waals surface area (Å²) >= 11 is 3.26. The van der Waals surface area contributed by atoms with E-state index in [0.29, 0.717) is 25.7 Å². The maximum Gasteiger partial charge on any atom is 0.352 e. The monoisotopic (exact) mass is 289 g/mol. The second kappa shape index (κ2) is 6.06. The lowest BCUT2D eigenvalue weighted by molar-refractivity contribution is 0.0677. The van der Waals surface area contributed by atoms with Gasteiger partial charge in [0, 0.05) is 23.8 Å². The number of ether oxygens (including phenoxy) is 1. The van der Waals surface area contributed by atoms with Crippen LogP contribution < -0.4 is 0 Å². The zero-order valence-corrected chi connectivity index (χ0v) is 11.0. The molecule has 0 atom stereocenters. The second-order valence-corrected chi connectivity index (χ2v) is 4.93. The van der Waals surface area contributed by atoms with Gasteiger partial charge in [-0.15, -0.1) is 0 Å². The number of rotatable bonds is 6. The molecule has 1 aromatic rings. The van der Waals surface area contributed by atoms with Crippen molar-refractivity contribution in [3.8, 4) is 0 Å². The highest BCUT2D eigenvalue weighted by Gasteiger charge is 2.10. The summed E-state index contributed by atoms with van der Waals surface area (Å²) in [5.41, 5.74) is 0.278. The molecule has 0 aliphatic rings. The summed E-state index contributed by atoms with van der Waals surface area (Å²) in [6.45, 7) is 5.94. The third kappa shape index (κ3) is 3.98. The fourth-order valence-electron chi connectivity index (χ4n) is 1.32. The van der Waals surface area contributed by atoms with Gasteiger partial charge in [0.15, 0.2) is 0 Å². The molecular formula is C11H16BrNO3. The molecule has 1 aromatic heterocycles. The highest BCUT2D eigenvalue weighted by atomic mass is 79.9. The highest BCUT2D eigenvalue weighted by molar-refractivity contribution is 9.10. The number of aromatic carboxylic acids is 1. The molecule has 0 aromatic carbocycles. The van der Waals surface area contributed by atoms with Crippen molar-refractivity contribution in [3.05, 3.63) is 22.4 Å². The van der Waals surface area contributed by atoms with Gasteiger partial charge in [-0.1, -0.05) is 13.8 Å². The smallest absolute Gasteiger partial charge is 0.352 e. The summed E-state index contributed by atoms with van der Waals surface area (Å²) < 4.78 is 7.86. The van der Waals surface area contributed by atoms with Gasteiger partial charge in [-0.25, -0.2) is 4.79 Å². The summed E-state index contributed by atoms with van der Waals surface area (Å²) in [5.74, 6) is -0.426. The van der Waals surface area contributed by atoms with Crippen molar-refractivity contribution < 1.29 is 14.6 Å². The molecule has 1 heterocycles. The first kappa shape index (κ1) is 13.3. The molecule has 90 valence electrons. The van der Waals surface area contributed by atoms with Crippen molar-refractivity contribution in [1.82, 2.24) is 4.57 Å². The number of aromatic nitrogens is 1. The van der Waals surface area contributed by atoms with Crippen molar-refractivity contribution in [2.24, 2.45) is 5.92 Å².